The van der Waals surface area contributed by atoms with Gasteiger partial charge in [-0.15, -0.1) is 0 Å². The lowest BCUT2D eigenvalue weighted by atomic mass is 10.2. The van der Waals surface area contributed by atoms with Crippen LogP contribution in [0.2, 0.25) is 0 Å². The Morgan fingerprint density at radius 3 is 2.67 bits per heavy atom. The Morgan fingerprint density at radius 1 is 1.19 bits per heavy atom. The molecule has 1 amide bonds. The van der Waals surface area contributed by atoms with Crippen LogP contribution in [0, 0.1) is 11.8 Å². The smallest absolute Gasteiger partial charge is 0.307 e. The van der Waals surface area contributed by atoms with Gasteiger partial charge >= 0.3 is 5.97 Å². The van der Waals surface area contributed by atoms with Crippen molar-refractivity contribution in [1.29, 1.82) is 0 Å². The highest BCUT2D eigenvalue weighted by molar-refractivity contribution is 5.89. The topological polar surface area (TPSA) is 84.9 Å². The number of aliphatic carboxylic acids is 1. The Hall–Kier alpha value is -2.24. The summed E-state index contributed by atoms with van der Waals surface area (Å²) in [5.41, 5.74) is 0.903. The number of carbonyl (C=O) groups excluding carboxylic acids is 1. The molecule has 6 heteroatoms. The monoisotopic (exact) mass is 291 g/mol. The molecule has 6 nitrogen and oxygen atoms in total. The van der Waals surface area contributed by atoms with Crippen molar-refractivity contribution in [3.05, 3.63) is 23.8 Å². The van der Waals surface area contributed by atoms with Crippen molar-refractivity contribution >= 4 is 11.9 Å². The summed E-state index contributed by atoms with van der Waals surface area (Å²) in [5, 5.41) is 11.6. The number of carbonyl (C=O) groups is 2. The van der Waals surface area contributed by atoms with Crippen LogP contribution in [0.15, 0.2) is 18.2 Å². The molecule has 3 rings (SSSR count). The molecule has 0 aromatic heterocycles. The molecule has 1 heterocycles. The minimum absolute atomic E-state index is 0.200. The van der Waals surface area contributed by atoms with Crippen LogP contribution in [-0.4, -0.2) is 30.2 Å². The van der Waals surface area contributed by atoms with Crippen molar-refractivity contribution in [3.8, 4) is 11.5 Å². The molecule has 2 atom stereocenters. The van der Waals surface area contributed by atoms with Crippen LogP contribution in [0.5, 0.6) is 11.5 Å². The summed E-state index contributed by atoms with van der Waals surface area (Å²) < 4.78 is 11.1. The van der Waals surface area contributed by atoms with Crippen LogP contribution in [0.4, 0.5) is 0 Å². The number of rotatable bonds is 4. The van der Waals surface area contributed by atoms with Crippen LogP contribution in [0.25, 0.3) is 0 Å². The zero-order chi connectivity index (χ0) is 14.8. The summed E-state index contributed by atoms with van der Waals surface area (Å²) >= 11 is 0. The second-order valence-electron chi connectivity index (χ2n) is 5.34. The summed E-state index contributed by atoms with van der Waals surface area (Å²) in [5.74, 6) is -0.596. The van der Waals surface area contributed by atoms with Crippen molar-refractivity contribution in [1.82, 2.24) is 5.32 Å². The van der Waals surface area contributed by atoms with E-state index in [-0.39, 0.29) is 11.8 Å². The number of carboxylic acid groups (broad SMARTS) is 1. The maximum absolute atomic E-state index is 11.8. The van der Waals surface area contributed by atoms with Crippen LogP contribution < -0.4 is 14.8 Å². The third kappa shape index (κ3) is 3.09. The molecule has 112 valence electrons. The lowest BCUT2D eigenvalue weighted by Gasteiger charge is -2.10. The quantitative estimate of drug-likeness (QED) is 0.870. The van der Waals surface area contributed by atoms with Crippen LogP contribution in [-0.2, 0) is 16.1 Å². The van der Waals surface area contributed by atoms with E-state index in [0.717, 1.165) is 17.7 Å². The minimum Gasteiger partial charge on any atom is -0.490 e. The molecule has 0 unspecified atom stereocenters. The third-order valence-electron chi connectivity index (χ3n) is 3.72. The molecule has 1 aromatic carbocycles. The lowest BCUT2D eigenvalue weighted by molar-refractivity contribution is -0.140. The number of fused-ring (bicyclic) bond motifs is 1. The van der Waals surface area contributed by atoms with Crippen molar-refractivity contribution in [2.45, 2.75) is 19.4 Å². The molecule has 0 bridgehead atoms. The number of hydrogen-bond donors (Lipinski definition) is 2. The van der Waals surface area contributed by atoms with Crippen molar-refractivity contribution in [3.63, 3.8) is 0 Å². The number of hydrogen-bond acceptors (Lipinski definition) is 4. The van der Waals surface area contributed by atoms with Gasteiger partial charge in [-0.05, 0) is 24.1 Å². The molecule has 21 heavy (non-hydrogen) atoms. The molecule has 1 aromatic rings. The Morgan fingerprint density at radius 2 is 1.95 bits per heavy atom. The van der Waals surface area contributed by atoms with Crippen molar-refractivity contribution < 1.29 is 24.2 Å². The number of nitrogens with one attached hydrogen (secondary N) is 1. The van der Waals surface area contributed by atoms with Crippen LogP contribution in [0.3, 0.4) is 0 Å². The summed E-state index contributed by atoms with van der Waals surface area (Å²) in [6, 6.07) is 5.55. The molecule has 2 aliphatic rings. The Balaban J connectivity index is 1.57. The molecule has 1 aliphatic carbocycles. The van der Waals surface area contributed by atoms with E-state index in [4.69, 9.17) is 14.6 Å². The van der Waals surface area contributed by atoms with Gasteiger partial charge in [-0.2, -0.15) is 0 Å². The summed E-state index contributed by atoms with van der Waals surface area (Å²) in [6.45, 7) is 1.62. The average molecular weight is 291 g/mol. The zero-order valence-electron chi connectivity index (χ0n) is 11.5. The first-order valence-electron chi connectivity index (χ1n) is 7.04. The van der Waals surface area contributed by atoms with E-state index < -0.39 is 11.9 Å². The van der Waals surface area contributed by atoms with Crippen LogP contribution >= 0.6 is 0 Å². The third-order valence-corrected chi connectivity index (χ3v) is 3.72. The van der Waals surface area contributed by atoms with E-state index in [1.807, 2.05) is 18.2 Å². The predicted octanol–water partition coefficient (Wildman–Crippen LogP) is 1.18. The van der Waals surface area contributed by atoms with Crippen LogP contribution in [0.1, 0.15) is 18.4 Å². The van der Waals surface area contributed by atoms with Gasteiger partial charge in [-0.25, -0.2) is 0 Å². The van der Waals surface area contributed by atoms with Crippen molar-refractivity contribution in [2.75, 3.05) is 13.2 Å². The second kappa shape index (κ2) is 5.63. The lowest BCUT2D eigenvalue weighted by Crippen LogP contribution is -2.25. The normalized spacial score (nSPS) is 23.0. The molecule has 1 aliphatic heterocycles. The molecule has 0 saturated heterocycles. The molecule has 2 N–H and O–H groups in total. The first kappa shape index (κ1) is 13.7. The summed E-state index contributed by atoms with van der Waals surface area (Å²) in [6.07, 6.45) is 1.28. The van der Waals surface area contributed by atoms with Gasteiger partial charge in [0.05, 0.1) is 25.0 Å². The van der Waals surface area contributed by atoms with Gasteiger partial charge in [0.15, 0.2) is 11.5 Å². The molecule has 0 radical (unpaired) electrons. The minimum atomic E-state index is -0.897. The zero-order valence-corrected chi connectivity index (χ0v) is 11.5. The summed E-state index contributed by atoms with van der Waals surface area (Å²) in [7, 11) is 0. The van der Waals surface area contributed by atoms with Gasteiger partial charge in [0.1, 0.15) is 0 Å². The van der Waals surface area contributed by atoms with Gasteiger partial charge in [0.25, 0.3) is 0 Å². The van der Waals surface area contributed by atoms with Gasteiger partial charge in [0, 0.05) is 13.0 Å². The summed E-state index contributed by atoms with van der Waals surface area (Å²) in [4.78, 5) is 22.5. The maximum Gasteiger partial charge on any atom is 0.307 e. The van der Waals surface area contributed by atoms with Gasteiger partial charge in [-0.3, -0.25) is 9.59 Å². The predicted molar refractivity (Wildman–Crippen MR) is 73.1 cm³/mol. The highest BCUT2D eigenvalue weighted by atomic mass is 16.5. The van der Waals surface area contributed by atoms with E-state index in [1.165, 1.54) is 0 Å². The van der Waals surface area contributed by atoms with E-state index in [1.54, 1.807) is 0 Å². The molecular weight excluding hydrogens is 274 g/mol. The molecule has 1 saturated carbocycles. The van der Waals surface area contributed by atoms with E-state index >= 15 is 0 Å². The number of ether oxygens (including phenoxy) is 2. The second-order valence-corrected chi connectivity index (χ2v) is 5.34. The first-order chi connectivity index (χ1) is 10.1. The highest BCUT2D eigenvalue weighted by Gasteiger charge is 2.48. The van der Waals surface area contributed by atoms with E-state index in [0.29, 0.717) is 31.9 Å². The van der Waals surface area contributed by atoms with Gasteiger partial charge in [-0.1, -0.05) is 6.07 Å². The molecular formula is C15H17NO5. The standard InChI is InChI=1S/C15H17NO5/c17-14(10-7-11(10)15(18)19)16-8-9-2-3-12-13(6-9)21-5-1-4-20-12/h2-3,6,10-11H,1,4-5,7-8H2,(H,16,17)(H,18,19)/t10-,11-/m0/s1. The Bertz CT molecular complexity index is 571. The largest absolute Gasteiger partial charge is 0.490 e. The number of carboxylic acids is 1. The van der Waals surface area contributed by atoms with E-state index in [2.05, 4.69) is 5.32 Å². The van der Waals surface area contributed by atoms with Gasteiger partial charge < -0.3 is 19.9 Å². The maximum atomic E-state index is 11.8. The fourth-order valence-corrected chi connectivity index (χ4v) is 2.40. The first-order valence-corrected chi connectivity index (χ1v) is 7.04. The SMILES string of the molecule is O=C(O)[C@H]1C[C@@H]1C(=O)NCc1ccc2c(c1)OCCCO2. The molecule has 1 fully saturated rings. The van der Waals surface area contributed by atoms with Gasteiger partial charge in [0.2, 0.25) is 5.91 Å². The number of benzene rings is 1. The fraction of sp³-hybridized carbons (Fsp3) is 0.467. The average Bonchev–Trinajstić information content (AvgIpc) is 3.27. The van der Waals surface area contributed by atoms with Crippen molar-refractivity contribution in [2.24, 2.45) is 11.8 Å². The highest BCUT2D eigenvalue weighted by Crippen LogP contribution is 2.38. The molecule has 0 spiro atoms. The number of amides is 1. The fourth-order valence-electron chi connectivity index (χ4n) is 2.40. The Kier molecular flexibility index (Phi) is 3.68. The van der Waals surface area contributed by atoms with E-state index in [9.17, 15) is 9.59 Å². The Labute approximate surface area is 122 Å².